The smallest absolute Gasteiger partial charge is 0.232 e. The fraction of sp³-hybridized carbons (Fsp3) is 0.167. The zero-order chi connectivity index (χ0) is 20.1. The van der Waals surface area contributed by atoms with Crippen molar-refractivity contribution in [1.82, 2.24) is 4.98 Å². The zero-order valence-corrected chi connectivity index (χ0v) is 16.5. The molecule has 0 aliphatic carbocycles. The van der Waals surface area contributed by atoms with E-state index < -0.39 is 0 Å². The van der Waals surface area contributed by atoms with Crippen LogP contribution in [0.15, 0.2) is 54.6 Å². The average Bonchev–Trinajstić information content (AvgIpc) is 2.73. The zero-order valence-electron chi connectivity index (χ0n) is 16.5. The van der Waals surface area contributed by atoms with E-state index in [0.717, 1.165) is 33.7 Å². The summed E-state index contributed by atoms with van der Waals surface area (Å²) < 4.78 is 10.6. The summed E-state index contributed by atoms with van der Waals surface area (Å²) in [4.78, 5) is 4.55. The van der Waals surface area contributed by atoms with Gasteiger partial charge in [-0.15, -0.1) is 0 Å². The van der Waals surface area contributed by atoms with Crippen molar-refractivity contribution in [3.63, 3.8) is 0 Å². The molecule has 140 valence electrons. The first-order chi connectivity index (χ1) is 13.5. The van der Waals surface area contributed by atoms with Gasteiger partial charge in [-0.3, -0.25) is 0 Å². The van der Waals surface area contributed by atoms with Crippen LogP contribution in [0.2, 0.25) is 0 Å². The molecule has 3 rings (SSSR count). The number of allylic oxidation sites excluding steroid dienone is 1. The minimum atomic E-state index is 0.332. The van der Waals surface area contributed by atoms with E-state index in [0.29, 0.717) is 11.4 Å². The van der Waals surface area contributed by atoms with Crippen LogP contribution in [-0.2, 0) is 0 Å². The Hall–Kier alpha value is -3.58. The van der Waals surface area contributed by atoms with Gasteiger partial charge in [0.1, 0.15) is 17.4 Å². The van der Waals surface area contributed by atoms with Gasteiger partial charge in [0, 0.05) is 11.1 Å². The second-order valence-corrected chi connectivity index (χ2v) is 6.52. The van der Waals surface area contributed by atoms with Crippen LogP contribution < -0.4 is 9.47 Å². The third-order valence-electron chi connectivity index (χ3n) is 4.56. The summed E-state index contributed by atoms with van der Waals surface area (Å²) in [7, 11) is 3.18. The Bertz CT molecular complexity index is 1040. The molecule has 4 nitrogen and oxygen atoms in total. The van der Waals surface area contributed by atoms with Gasteiger partial charge in [0.15, 0.2) is 0 Å². The summed E-state index contributed by atoms with van der Waals surface area (Å²) in [6, 6.07) is 20.1. The van der Waals surface area contributed by atoms with Crippen LogP contribution >= 0.6 is 0 Å². The molecule has 0 amide bonds. The summed E-state index contributed by atoms with van der Waals surface area (Å²) in [5.74, 6) is 1.14. The summed E-state index contributed by atoms with van der Waals surface area (Å²) in [5.41, 5.74) is 6.15. The fourth-order valence-corrected chi connectivity index (χ4v) is 2.99. The molecule has 0 aliphatic heterocycles. The van der Waals surface area contributed by atoms with E-state index in [-0.39, 0.29) is 0 Å². The van der Waals surface area contributed by atoms with Crippen molar-refractivity contribution in [2.24, 2.45) is 0 Å². The molecular formula is C24H22N2O2. The number of hydrogen-bond acceptors (Lipinski definition) is 4. The molecule has 0 bridgehead atoms. The van der Waals surface area contributed by atoms with Gasteiger partial charge in [-0.25, -0.2) is 4.98 Å². The van der Waals surface area contributed by atoms with Crippen LogP contribution in [-0.4, -0.2) is 19.2 Å². The predicted molar refractivity (Wildman–Crippen MR) is 112 cm³/mol. The lowest BCUT2D eigenvalue weighted by atomic mass is 9.97. The van der Waals surface area contributed by atoms with Crippen molar-refractivity contribution in [1.29, 1.82) is 5.26 Å². The number of aryl methyl sites for hydroxylation is 1. The highest BCUT2D eigenvalue weighted by Gasteiger charge is 2.15. The second kappa shape index (κ2) is 8.41. The molecule has 0 aliphatic rings. The van der Waals surface area contributed by atoms with Crippen LogP contribution in [0.3, 0.4) is 0 Å². The number of nitriles is 1. The van der Waals surface area contributed by atoms with Crippen molar-refractivity contribution in [2.45, 2.75) is 13.8 Å². The van der Waals surface area contributed by atoms with Gasteiger partial charge < -0.3 is 9.47 Å². The average molecular weight is 370 g/mol. The van der Waals surface area contributed by atoms with E-state index in [1.165, 1.54) is 12.7 Å². The molecule has 4 heteroatoms. The Labute approximate surface area is 165 Å². The summed E-state index contributed by atoms with van der Waals surface area (Å²) in [5, 5.41) is 9.70. The Morgan fingerprint density at radius 1 is 1.00 bits per heavy atom. The highest BCUT2D eigenvalue weighted by atomic mass is 16.5. The summed E-state index contributed by atoms with van der Waals surface area (Å²) in [6.45, 7) is 4.03. The van der Waals surface area contributed by atoms with E-state index in [2.05, 4.69) is 11.1 Å². The Balaban J connectivity index is 2.11. The number of benzene rings is 2. The molecule has 0 saturated heterocycles. The molecule has 3 aromatic rings. The first-order valence-corrected chi connectivity index (χ1v) is 8.94. The maximum Gasteiger partial charge on any atom is 0.232 e. The maximum atomic E-state index is 9.70. The van der Waals surface area contributed by atoms with Gasteiger partial charge >= 0.3 is 0 Å². The largest absolute Gasteiger partial charge is 0.497 e. The van der Waals surface area contributed by atoms with Gasteiger partial charge in [0.25, 0.3) is 0 Å². The summed E-state index contributed by atoms with van der Waals surface area (Å²) >= 11 is 0. The number of nitrogens with zero attached hydrogens (tertiary/aromatic N) is 2. The lowest BCUT2D eigenvalue weighted by molar-refractivity contribution is 0.397. The van der Waals surface area contributed by atoms with E-state index in [4.69, 9.17) is 9.47 Å². The number of aromatic nitrogens is 1. The lowest BCUT2D eigenvalue weighted by Gasteiger charge is -2.12. The van der Waals surface area contributed by atoms with Gasteiger partial charge in [-0.1, -0.05) is 48.0 Å². The Kier molecular flexibility index (Phi) is 5.76. The number of methoxy groups -OCH3 is 2. The van der Waals surface area contributed by atoms with Crippen LogP contribution in [0, 0.1) is 18.3 Å². The van der Waals surface area contributed by atoms with E-state index in [9.17, 15) is 5.26 Å². The maximum absolute atomic E-state index is 9.70. The van der Waals surface area contributed by atoms with Crippen molar-refractivity contribution < 1.29 is 9.47 Å². The van der Waals surface area contributed by atoms with E-state index in [1.807, 2.05) is 74.5 Å². The van der Waals surface area contributed by atoms with Crippen molar-refractivity contribution >= 4 is 11.6 Å². The van der Waals surface area contributed by atoms with Crippen LogP contribution in [0.5, 0.6) is 11.6 Å². The van der Waals surface area contributed by atoms with E-state index in [1.54, 1.807) is 7.11 Å². The highest BCUT2D eigenvalue weighted by Crippen LogP contribution is 2.31. The lowest BCUT2D eigenvalue weighted by Crippen LogP contribution is -1.99. The second-order valence-electron chi connectivity index (χ2n) is 6.52. The van der Waals surface area contributed by atoms with Gasteiger partial charge in [0.05, 0.1) is 19.9 Å². The van der Waals surface area contributed by atoms with Crippen LogP contribution in [0.4, 0.5) is 0 Å². The third-order valence-corrected chi connectivity index (χ3v) is 4.56. The normalized spacial score (nSPS) is 11.0. The minimum absolute atomic E-state index is 0.332. The van der Waals surface area contributed by atoms with Crippen molar-refractivity contribution in [3.8, 4) is 29.0 Å². The molecule has 0 spiro atoms. The SMILES string of the molecule is COc1ccc(/C=C(\C)c2cc(-c3ccc(C)cc3)nc(OC)c2C#N)cc1. The number of ether oxygens (including phenoxy) is 2. The molecule has 28 heavy (non-hydrogen) atoms. The Morgan fingerprint density at radius 2 is 1.68 bits per heavy atom. The predicted octanol–water partition coefficient (Wildman–Crippen LogP) is 5.51. The third kappa shape index (κ3) is 4.05. The first kappa shape index (κ1) is 19.2. The molecule has 0 unspecified atom stereocenters. The molecule has 1 heterocycles. The number of rotatable bonds is 5. The van der Waals surface area contributed by atoms with Gasteiger partial charge in [-0.2, -0.15) is 5.26 Å². The minimum Gasteiger partial charge on any atom is -0.497 e. The monoisotopic (exact) mass is 370 g/mol. The highest BCUT2D eigenvalue weighted by molar-refractivity contribution is 5.85. The standard InChI is InChI=1S/C24H22N2O2/c1-16-5-9-19(10-6-16)23-14-21(22(15-25)24(26-23)28-4)17(2)13-18-7-11-20(27-3)12-8-18/h5-14H,1-4H3/b17-13+. The molecule has 2 aromatic carbocycles. The van der Waals surface area contributed by atoms with Gasteiger partial charge in [0.2, 0.25) is 5.88 Å². The fourth-order valence-electron chi connectivity index (χ4n) is 2.99. The van der Waals surface area contributed by atoms with Crippen molar-refractivity contribution in [2.75, 3.05) is 14.2 Å². The van der Waals surface area contributed by atoms with Gasteiger partial charge in [-0.05, 0) is 43.2 Å². The molecule has 0 N–H and O–H groups in total. The Morgan fingerprint density at radius 3 is 2.25 bits per heavy atom. The number of pyridine rings is 1. The molecule has 0 radical (unpaired) electrons. The van der Waals surface area contributed by atoms with E-state index >= 15 is 0 Å². The molecular weight excluding hydrogens is 348 g/mol. The topological polar surface area (TPSA) is 55.1 Å². The van der Waals surface area contributed by atoms with Crippen LogP contribution in [0.1, 0.15) is 29.2 Å². The molecule has 1 aromatic heterocycles. The molecule has 0 saturated carbocycles. The molecule has 0 atom stereocenters. The molecule has 0 fully saturated rings. The van der Waals surface area contributed by atoms with Crippen LogP contribution in [0.25, 0.3) is 22.9 Å². The number of hydrogen-bond donors (Lipinski definition) is 0. The van der Waals surface area contributed by atoms with Crippen molar-refractivity contribution in [3.05, 3.63) is 76.9 Å². The quantitative estimate of drug-likeness (QED) is 0.594. The summed E-state index contributed by atoms with van der Waals surface area (Å²) in [6.07, 6.45) is 2.04. The first-order valence-electron chi connectivity index (χ1n) is 8.94.